The topological polar surface area (TPSA) is 66.9 Å². The lowest BCUT2D eigenvalue weighted by atomic mass is 9.85. The number of imide groups is 1. The van der Waals surface area contributed by atoms with Crippen molar-refractivity contribution in [2.45, 2.75) is 19.4 Å². The summed E-state index contributed by atoms with van der Waals surface area (Å²) in [5.74, 6) is -0.554. The molecular weight excluding hydrogens is 284 g/mol. The Hall–Kier alpha value is -1.69. The maximum Gasteiger partial charge on any atom is 0.245 e. The molecule has 2 aliphatic heterocycles. The summed E-state index contributed by atoms with van der Waals surface area (Å²) in [4.78, 5) is 40.9. The highest BCUT2D eigenvalue weighted by molar-refractivity contribution is 6.09. The van der Waals surface area contributed by atoms with E-state index in [1.807, 2.05) is 0 Å². The summed E-state index contributed by atoms with van der Waals surface area (Å²) in [5.41, 5.74) is 0. The van der Waals surface area contributed by atoms with Gasteiger partial charge in [0.25, 0.3) is 0 Å². The van der Waals surface area contributed by atoms with Gasteiger partial charge in [-0.15, -0.1) is 0 Å². The zero-order valence-corrected chi connectivity index (χ0v) is 12.6. The Labute approximate surface area is 129 Å². The lowest BCUT2D eigenvalue weighted by Gasteiger charge is -2.32. The van der Waals surface area contributed by atoms with Crippen LogP contribution in [0.2, 0.25) is 0 Å². The molecule has 2 heterocycles. The highest BCUT2D eigenvalue weighted by Gasteiger charge is 2.60. The van der Waals surface area contributed by atoms with Gasteiger partial charge in [-0.25, -0.2) is 0 Å². The second-order valence-electron chi connectivity index (χ2n) is 6.66. The Morgan fingerprint density at radius 1 is 1.14 bits per heavy atom. The average molecular weight is 304 g/mol. The minimum absolute atomic E-state index is 0.148. The standard InChI is InChI=1S/C16H20N2O4/c1-9(14(19)17-4-6-22-7-5-17)18-15(20)12-10-2-3-11(8-10)13(12)16(18)21/h2-3,9-13H,4-8H2,1H3/t9-,10+,11+,12-,13-/m1/s1. The van der Waals surface area contributed by atoms with E-state index >= 15 is 0 Å². The van der Waals surface area contributed by atoms with Crippen LogP contribution in [-0.4, -0.2) is 59.9 Å². The summed E-state index contributed by atoms with van der Waals surface area (Å²) in [6.45, 7) is 3.75. The van der Waals surface area contributed by atoms with Crippen LogP contribution in [0.25, 0.3) is 0 Å². The van der Waals surface area contributed by atoms with E-state index in [4.69, 9.17) is 4.74 Å². The fraction of sp³-hybridized carbons (Fsp3) is 0.688. The molecule has 1 saturated carbocycles. The first-order chi connectivity index (χ1) is 10.6. The molecule has 0 unspecified atom stereocenters. The number of allylic oxidation sites excluding steroid dienone is 2. The fourth-order valence-corrected chi connectivity index (χ4v) is 4.47. The molecule has 0 spiro atoms. The van der Waals surface area contributed by atoms with Crippen LogP contribution in [0.3, 0.4) is 0 Å². The van der Waals surface area contributed by atoms with E-state index in [9.17, 15) is 14.4 Å². The third-order valence-electron chi connectivity index (χ3n) is 5.57. The smallest absolute Gasteiger partial charge is 0.245 e. The number of carbonyl (C=O) groups excluding carboxylic acids is 3. The minimum Gasteiger partial charge on any atom is -0.378 e. The molecule has 4 aliphatic rings. The second kappa shape index (κ2) is 4.91. The number of carbonyl (C=O) groups is 3. The van der Waals surface area contributed by atoms with Crippen molar-refractivity contribution < 1.29 is 19.1 Å². The number of hydrogen-bond acceptors (Lipinski definition) is 4. The first-order valence-corrected chi connectivity index (χ1v) is 8.01. The third-order valence-corrected chi connectivity index (χ3v) is 5.57. The van der Waals surface area contributed by atoms with Crippen LogP contribution in [0.4, 0.5) is 0 Å². The molecule has 3 fully saturated rings. The lowest BCUT2D eigenvalue weighted by Crippen LogP contribution is -2.52. The molecule has 4 rings (SSSR count). The largest absolute Gasteiger partial charge is 0.378 e. The van der Waals surface area contributed by atoms with Gasteiger partial charge < -0.3 is 9.64 Å². The van der Waals surface area contributed by atoms with Gasteiger partial charge in [-0.1, -0.05) is 12.2 Å². The van der Waals surface area contributed by atoms with E-state index < -0.39 is 6.04 Å². The van der Waals surface area contributed by atoms with Crippen LogP contribution in [0.15, 0.2) is 12.2 Å². The van der Waals surface area contributed by atoms with E-state index in [-0.39, 0.29) is 41.4 Å². The van der Waals surface area contributed by atoms with Gasteiger partial charge in [0.05, 0.1) is 25.0 Å². The zero-order chi connectivity index (χ0) is 15.4. The molecule has 3 amide bonds. The number of likely N-dealkylation sites (tertiary alicyclic amines) is 1. The van der Waals surface area contributed by atoms with Crippen molar-refractivity contribution in [3.8, 4) is 0 Å². The number of amides is 3. The zero-order valence-electron chi connectivity index (χ0n) is 12.6. The molecule has 0 radical (unpaired) electrons. The number of ether oxygens (including phenoxy) is 1. The second-order valence-corrected chi connectivity index (χ2v) is 6.66. The van der Waals surface area contributed by atoms with Gasteiger partial charge in [0.1, 0.15) is 6.04 Å². The first-order valence-electron chi connectivity index (χ1n) is 8.01. The van der Waals surface area contributed by atoms with Crippen molar-refractivity contribution in [3.63, 3.8) is 0 Å². The van der Waals surface area contributed by atoms with Gasteiger partial charge in [-0.3, -0.25) is 19.3 Å². The van der Waals surface area contributed by atoms with Crippen LogP contribution in [0.1, 0.15) is 13.3 Å². The van der Waals surface area contributed by atoms with Crippen LogP contribution < -0.4 is 0 Å². The van der Waals surface area contributed by atoms with Crippen molar-refractivity contribution in [2.24, 2.45) is 23.7 Å². The molecule has 0 N–H and O–H groups in total. The lowest BCUT2D eigenvalue weighted by molar-refractivity contribution is -0.153. The van der Waals surface area contributed by atoms with E-state index in [0.717, 1.165) is 6.42 Å². The summed E-state index contributed by atoms with van der Waals surface area (Å²) in [6, 6.07) is -0.705. The van der Waals surface area contributed by atoms with E-state index in [2.05, 4.69) is 12.2 Å². The predicted molar refractivity (Wildman–Crippen MR) is 76.4 cm³/mol. The Bertz CT molecular complexity index is 536. The van der Waals surface area contributed by atoms with Crippen molar-refractivity contribution in [1.82, 2.24) is 9.80 Å². The molecule has 2 aliphatic carbocycles. The maximum atomic E-state index is 12.7. The van der Waals surface area contributed by atoms with Crippen LogP contribution in [-0.2, 0) is 19.1 Å². The molecular formula is C16H20N2O4. The Morgan fingerprint density at radius 3 is 2.23 bits per heavy atom. The summed E-state index contributed by atoms with van der Waals surface area (Å²) in [7, 11) is 0. The van der Waals surface area contributed by atoms with Crippen molar-refractivity contribution in [3.05, 3.63) is 12.2 Å². The molecule has 118 valence electrons. The van der Waals surface area contributed by atoms with Gasteiger partial charge >= 0.3 is 0 Å². The van der Waals surface area contributed by atoms with E-state index in [1.54, 1.807) is 11.8 Å². The minimum atomic E-state index is -0.705. The number of hydrogen-bond donors (Lipinski definition) is 0. The predicted octanol–water partition coefficient (Wildman–Crippen LogP) is 0.0408. The van der Waals surface area contributed by atoms with E-state index in [0.29, 0.717) is 26.3 Å². The number of morpholine rings is 1. The maximum absolute atomic E-state index is 12.7. The Kier molecular flexibility index (Phi) is 3.11. The molecule has 5 atom stereocenters. The van der Waals surface area contributed by atoms with Crippen molar-refractivity contribution in [1.29, 1.82) is 0 Å². The quantitative estimate of drug-likeness (QED) is 0.534. The molecule has 6 heteroatoms. The summed E-state index contributed by atoms with van der Waals surface area (Å²) in [6.07, 6.45) is 5.04. The number of rotatable bonds is 2. The van der Waals surface area contributed by atoms with Crippen molar-refractivity contribution >= 4 is 17.7 Å². The molecule has 0 aromatic heterocycles. The van der Waals surface area contributed by atoms with Gasteiger partial charge in [0.2, 0.25) is 17.7 Å². The van der Waals surface area contributed by atoms with Crippen molar-refractivity contribution in [2.75, 3.05) is 26.3 Å². The van der Waals surface area contributed by atoms with Crippen LogP contribution in [0.5, 0.6) is 0 Å². The summed E-state index contributed by atoms with van der Waals surface area (Å²) in [5, 5.41) is 0. The molecule has 6 nitrogen and oxygen atoms in total. The Morgan fingerprint density at radius 2 is 1.68 bits per heavy atom. The monoisotopic (exact) mass is 304 g/mol. The fourth-order valence-electron chi connectivity index (χ4n) is 4.47. The van der Waals surface area contributed by atoms with Gasteiger partial charge in [-0.2, -0.15) is 0 Å². The molecule has 2 bridgehead atoms. The Balaban J connectivity index is 1.54. The van der Waals surface area contributed by atoms with Gasteiger partial charge in [-0.05, 0) is 25.2 Å². The molecule has 0 aromatic carbocycles. The normalized spacial score (nSPS) is 37.9. The highest BCUT2D eigenvalue weighted by Crippen LogP contribution is 2.52. The van der Waals surface area contributed by atoms with Gasteiger partial charge in [0.15, 0.2) is 0 Å². The molecule has 22 heavy (non-hydrogen) atoms. The number of fused-ring (bicyclic) bond motifs is 5. The summed E-state index contributed by atoms with van der Waals surface area (Å²) >= 11 is 0. The third kappa shape index (κ3) is 1.79. The SMILES string of the molecule is C[C@H](C(=O)N1CCOCC1)N1C(=O)[C@H]2[C@H](C1=O)[C@H]1C=C[C@H]2C1. The molecule has 0 aromatic rings. The van der Waals surface area contributed by atoms with Crippen LogP contribution >= 0.6 is 0 Å². The number of nitrogens with zero attached hydrogens (tertiary/aromatic N) is 2. The highest BCUT2D eigenvalue weighted by atomic mass is 16.5. The first kappa shape index (κ1) is 13.9. The van der Waals surface area contributed by atoms with Crippen LogP contribution in [0, 0.1) is 23.7 Å². The summed E-state index contributed by atoms with van der Waals surface area (Å²) < 4.78 is 5.24. The average Bonchev–Trinajstić information content (AvgIpc) is 3.21. The van der Waals surface area contributed by atoms with E-state index in [1.165, 1.54) is 4.90 Å². The molecule has 2 saturated heterocycles. The van der Waals surface area contributed by atoms with Gasteiger partial charge in [0, 0.05) is 13.1 Å².